The van der Waals surface area contributed by atoms with Crippen molar-refractivity contribution in [1.29, 1.82) is 0 Å². The Hall–Kier alpha value is -2.37. The molecule has 1 fully saturated rings. The molecule has 6 heteroatoms. The van der Waals surface area contributed by atoms with Gasteiger partial charge in [-0.1, -0.05) is 13.3 Å². The van der Waals surface area contributed by atoms with Gasteiger partial charge in [-0.15, -0.1) is 0 Å². The molecule has 0 atom stereocenters. The molecule has 0 bridgehead atoms. The second-order valence-corrected chi connectivity index (χ2v) is 5.80. The molecule has 0 aromatic carbocycles. The zero-order valence-electron chi connectivity index (χ0n) is 13.6. The lowest BCUT2D eigenvalue weighted by Crippen LogP contribution is -2.49. The van der Waals surface area contributed by atoms with Gasteiger partial charge >= 0.3 is 0 Å². The topological polar surface area (TPSA) is 54.3 Å². The highest BCUT2D eigenvalue weighted by Crippen LogP contribution is 2.16. The maximum Gasteiger partial charge on any atom is 0.222 e. The second-order valence-electron chi connectivity index (χ2n) is 5.80. The molecular formula is C17H23N5O. The number of amides is 1. The number of rotatable bonds is 5. The van der Waals surface area contributed by atoms with Gasteiger partial charge in [0.05, 0.1) is 0 Å². The van der Waals surface area contributed by atoms with Crippen LogP contribution in [0, 0.1) is 0 Å². The van der Waals surface area contributed by atoms with Crippen molar-refractivity contribution in [1.82, 2.24) is 19.4 Å². The van der Waals surface area contributed by atoms with Gasteiger partial charge in [0.25, 0.3) is 0 Å². The Labute approximate surface area is 136 Å². The smallest absolute Gasteiger partial charge is 0.222 e. The van der Waals surface area contributed by atoms with Gasteiger partial charge in [0.1, 0.15) is 18.0 Å². The van der Waals surface area contributed by atoms with Gasteiger partial charge in [-0.05, 0) is 18.6 Å². The predicted octanol–water partition coefficient (Wildman–Crippen LogP) is 2.11. The third-order valence-electron chi connectivity index (χ3n) is 4.21. The highest BCUT2D eigenvalue weighted by atomic mass is 16.2. The van der Waals surface area contributed by atoms with Crippen LogP contribution >= 0.6 is 0 Å². The monoisotopic (exact) mass is 313 g/mol. The fraction of sp³-hybridized carbons (Fsp3) is 0.471. The minimum atomic E-state index is 0.280. The van der Waals surface area contributed by atoms with E-state index in [0.717, 1.165) is 50.7 Å². The number of unbranched alkanes of at least 4 members (excludes halogenated alkanes) is 1. The third-order valence-corrected chi connectivity index (χ3v) is 4.21. The van der Waals surface area contributed by atoms with E-state index in [1.165, 1.54) is 0 Å². The Morgan fingerprint density at radius 2 is 1.78 bits per heavy atom. The van der Waals surface area contributed by atoms with Crippen molar-refractivity contribution < 1.29 is 4.79 Å². The van der Waals surface area contributed by atoms with Gasteiger partial charge in [0.15, 0.2) is 0 Å². The van der Waals surface area contributed by atoms with Crippen LogP contribution in [0.2, 0.25) is 0 Å². The summed E-state index contributed by atoms with van der Waals surface area (Å²) in [4.78, 5) is 25.0. The summed E-state index contributed by atoms with van der Waals surface area (Å²) in [6.07, 6.45) is 8.25. The molecule has 0 aliphatic carbocycles. The first-order valence-electron chi connectivity index (χ1n) is 8.26. The standard InChI is InChI=1S/C17H23N5O/c1-2-3-6-17(23)22-11-9-21(10-12-22)16-13-15(18-14-19-16)20-7-4-5-8-20/h4-5,7-8,13-14H,2-3,6,9-12H2,1H3. The normalized spacial score (nSPS) is 15.0. The highest BCUT2D eigenvalue weighted by Gasteiger charge is 2.21. The molecule has 23 heavy (non-hydrogen) atoms. The first kappa shape index (κ1) is 15.5. The average Bonchev–Trinajstić information content (AvgIpc) is 3.14. The summed E-state index contributed by atoms with van der Waals surface area (Å²) in [7, 11) is 0. The number of nitrogens with zero attached hydrogens (tertiary/aromatic N) is 5. The highest BCUT2D eigenvalue weighted by molar-refractivity contribution is 5.76. The zero-order chi connectivity index (χ0) is 16.1. The molecule has 1 aliphatic heterocycles. The Balaban J connectivity index is 1.62. The first-order valence-corrected chi connectivity index (χ1v) is 8.26. The minimum absolute atomic E-state index is 0.280. The molecule has 1 saturated heterocycles. The molecule has 2 aromatic heterocycles. The van der Waals surface area contributed by atoms with Crippen LogP contribution < -0.4 is 4.90 Å². The van der Waals surface area contributed by atoms with E-state index in [1.807, 2.05) is 40.1 Å². The van der Waals surface area contributed by atoms with E-state index in [0.29, 0.717) is 6.42 Å². The molecule has 1 amide bonds. The summed E-state index contributed by atoms with van der Waals surface area (Å²) in [6.45, 7) is 5.29. The molecule has 2 aromatic rings. The van der Waals surface area contributed by atoms with Crippen LogP contribution in [0.5, 0.6) is 0 Å². The minimum Gasteiger partial charge on any atom is -0.353 e. The quantitative estimate of drug-likeness (QED) is 0.848. The Morgan fingerprint density at radius 1 is 1.09 bits per heavy atom. The van der Waals surface area contributed by atoms with Gasteiger partial charge in [-0.2, -0.15) is 0 Å². The molecule has 3 rings (SSSR count). The van der Waals surface area contributed by atoms with Gasteiger partial charge < -0.3 is 14.4 Å². The summed E-state index contributed by atoms with van der Waals surface area (Å²) >= 11 is 0. The lowest BCUT2D eigenvalue weighted by Gasteiger charge is -2.35. The van der Waals surface area contributed by atoms with Crippen LogP contribution in [0.1, 0.15) is 26.2 Å². The summed E-state index contributed by atoms with van der Waals surface area (Å²) in [5, 5.41) is 0. The average molecular weight is 313 g/mol. The maximum absolute atomic E-state index is 12.1. The second kappa shape index (κ2) is 7.26. The van der Waals surface area contributed by atoms with E-state index in [2.05, 4.69) is 21.8 Å². The van der Waals surface area contributed by atoms with E-state index < -0.39 is 0 Å². The number of aromatic nitrogens is 3. The van der Waals surface area contributed by atoms with E-state index >= 15 is 0 Å². The summed E-state index contributed by atoms with van der Waals surface area (Å²) < 4.78 is 1.97. The van der Waals surface area contributed by atoms with Crippen LogP contribution in [-0.2, 0) is 4.79 Å². The summed E-state index contributed by atoms with van der Waals surface area (Å²) in [6, 6.07) is 5.94. The van der Waals surface area contributed by atoms with Gasteiger partial charge in [-0.3, -0.25) is 4.79 Å². The van der Waals surface area contributed by atoms with E-state index in [1.54, 1.807) is 6.33 Å². The largest absolute Gasteiger partial charge is 0.353 e. The molecule has 0 spiro atoms. The van der Waals surface area contributed by atoms with E-state index in [4.69, 9.17) is 0 Å². The van der Waals surface area contributed by atoms with Crippen LogP contribution in [0.15, 0.2) is 36.9 Å². The molecule has 1 aliphatic rings. The fourth-order valence-electron chi connectivity index (χ4n) is 2.81. The number of anilines is 1. The van der Waals surface area contributed by atoms with Crippen molar-refractivity contribution in [2.24, 2.45) is 0 Å². The van der Waals surface area contributed by atoms with Crippen molar-refractivity contribution in [3.8, 4) is 5.82 Å². The lowest BCUT2D eigenvalue weighted by atomic mass is 10.2. The number of hydrogen-bond donors (Lipinski definition) is 0. The number of carbonyl (C=O) groups is 1. The van der Waals surface area contributed by atoms with E-state index in [9.17, 15) is 4.79 Å². The fourth-order valence-corrected chi connectivity index (χ4v) is 2.81. The van der Waals surface area contributed by atoms with Gasteiger partial charge in [0, 0.05) is 51.1 Å². The Kier molecular flexibility index (Phi) is 4.90. The zero-order valence-corrected chi connectivity index (χ0v) is 13.6. The number of piperazine rings is 1. The van der Waals surface area contributed by atoms with Crippen molar-refractivity contribution in [2.75, 3.05) is 31.1 Å². The van der Waals surface area contributed by atoms with Gasteiger partial charge in [-0.25, -0.2) is 9.97 Å². The van der Waals surface area contributed by atoms with Crippen molar-refractivity contribution >= 4 is 11.7 Å². The number of hydrogen-bond acceptors (Lipinski definition) is 4. The van der Waals surface area contributed by atoms with Crippen LogP contribution in [-0.4, -0.2) is 51.5 Å². The SMILES string of the molecule is CCCCC(=O)N1CCN(c2cc(-n3cccc3)ncn2)CC1. The Bertz CT molecular complexity index is 632. The predicted molar refractivity (Wildman–Crippen MR) is 89.7 cm³/mol. The molecule has 0 unspecified atom stereocenters. The first-order chi connectivity index (χ1) is 11.3. The van der Waals surface area contributed by atoms with Crippen LogP contribution in [0.25, 0.3) is 5.82 Å². The molecular weight excluding hydrogens is 290 g/mol. The van der Waals surface area contributed by atoms with Crippen molar-refractivity contribution in [3.63, 3.8) is 0 Å². The van der Waals surface area contributed by atoms with Crippen molar-refractivity contribution in [3.05, 3.63) is 36.9 Å². The molecule has 0 N–H and O–H groups in total. The van der Waals surface area contributed by atoms with Crippen LogP contribution in [0.4, 0.5) is 5.82 Å². The maximum atomic E-state index is 12.1. The molecule has 0 saturated carbocycles. The Morgan fingerprint density at radius 3 is 2.48 bits per heavy atom. The van der Waals surface area contributed by atoms with Crippen LogP contribution in [0.3, 0.4) is 0 Å². The summed E-state index contributed by atoms with van der Waals surface area (Å²) in [5.41, 5.74) is 0. The van der Waals surface area contributed by atoms with Crippen molar-refractivity contribution in [2.45, 2.75) is 26.2 Å². The molecule has 0 radical (unpaired) electrons. The number of carbonyl (C=O) groups excluding carboxylic acids is 1. The molecule has 3 heterocycles. The summed E-state index contributed by atoms with van der Waals surface area (Å²) in [5.74, 6) is 2.06. The van der Waals surface area contributed by atoms with Gasteiger partial charge in [0.2, 0.25) is 5.91 Å². The van der Waals surface area contributed by atoms with E-state index in [-0.39, 0.29) is 5.91 Å². The third kappa shape index (κ3) is 3.70. The lowest BCUT2D eigenvalue weighted by molar-refractivity contribution is -0.131. The molecule has 122 valence electrons. The molecule has 6 nitrogen and oxygen atoms in total.